The Bertz CT molecular complexity index is 874. The van der Waals surface area contributed by atoms with E-state index in [-0.39, 0.29) is 41.4 Å². The smallest absolute Gasteiger partial charge is 0.212 e. The molecule has 0 unspecified atom stereocenters. The summed E-state index contributed by atoms with van der Waals surface area (Å²) < 4.78 is 59.2. The number of rotatable bonds is 9. The number of benzene rings is 2. The largest absolute Gasteiger partial charge is 0.391 e. The van der Waals surface area contributed by atoms with Crippen molar-refractivity contribution in [2.45, 2.75) is 0 Å². The summed E-state index contributed by atoms with van der Waals surface area (Å²) in [5.74, 6) is 0.909. The second-order valence-corrected chi connectivity index (χ2v) is 10.5. The molecular weight excluding hydrogens is 469 g/mol. The molecule has 0 aliphatic rings. The van der Waals surface area contributed by atoms with Crippen LogP contribution in [0.25, 0.3) is 0 Å². The van der Waals surface area contributed by atoms with Crippen molar-refractivity contribution in [1.29, 1.82) is 0 Å². The SMILES string of the molecule is F[P-](F)(F)(F)(F)F.O=C(C[S+](CCO)CCO)c1ccccc1C(=O)c1ccccc1. The Labute approximate surface area is 177 Å². The molecule has 0 spiro atoms. The van der Waals surface area contributed by atoms with Crippen molar-refractivity contribution in [1.82, 2.24) is 0 Å². The predicted molar refractivity (Wildman–Crippen MR) is 110 cm³/mol. The van der Waals surface area contributed by atoms with Gasteiger partial charge in [0.2, 0.25) is 5.78 Å². The third-order valence-electron chi connectivity index (χ3n) is 3.60. The fourth-order valence-electron chi connectivity index (χ4n) is 2.44. The first-order valence-corrected chi connectivity index (χ1v) is 12.5. The van der Waals surface area contributed by atoms with Crippen LogP contribution in [-0.2, 0) is 10.9 Å². The molecule has 4 nitrogen and oxygen atoms in total. The van der Waals surface area contributed by atoms with Gasteiger partial charge in [0.25, 0.3) is 0 Å². The molecular formula is C19H21F6O4PS. The van der Waals surface area contributed by atoms with Gasteiger partial charge in [-0.3, -0.25) is 9.59 Å². The maximum Gasteiger partial charge on any atom is 0.212 e. The van der Waals surface area contributed by atoms with E-state index in [0.717, 1.165) is 0 Å². The third kappa shape index (κ3) is 12.5. The minimum Gasteiger partial charge on any atom is -0.391 e. The second kappa shape index (κ2) is 10.1. The molecule has 174 valence electrons. The summed E-state index contributed by atoms with van der Waals surface area (Å²) in [5.41, 5.74) is 1.34. The van der Waals surface area contributed by atoms with Crippen LogP contribution in [0.2, 0.25) is 0 Å². The Morgan fingerprint density at radius 2 is 1.16 bits per heavy atom. The van der Waals surface area contributed by atoms with Crippen molar-refractivity contribution in [3.8, 4) is 0 Å². The number of carbonyl (C=O) groups is 2. The molecule has 2 aromatic carbocycles. The number of hydrogen-bond donors (Lipinski definition) is 2. The van der Waals surface area contributed by atoms with Crippen LogP contribution in [0.5, 0.6) is 0 Å². The predicted octanol–water partition coefficient (Wildman–Crippen LogP) is 5.09. The van der Waals surface area contributed by atoms with Crippen LogP contribution in [0.1, 0.15) is 26.3 Å². The van der Waals surface area contributed by atoms with Gasteiger partial charge in [-0.05, 0) is 0 Å². The average molecular weight is 490 g/mol. The van der Waals surface area contributed by atoms with Crippen LogP contribution in [0.15, 0.2) is 54.6 Å². The Balaban J connectivity index is 0.000000592. The number of hydrogen-bond acceptors (Lipinski definition) is 4. The molecule has 0 saturated carbocycles. The molecule has 0 atom stereocenters. The van der Waals surface area contributed by atoms with E-state index in [4.69, 9.17) is 10.2 Å². The van der Waals surface area contributed by atoms with Crippen LogP contribution in [-0.4, -0.2) is 52.3 Å². The summed E-state index contributed by atoms with van der Waals surface area (Å²) in [5, 5.41) is 18.2. The van der Waals surface area contributed by atoms with E-state index in [9.17, 15) is 34.8 Å². The van der Waals surface area contributed by atoms with Crippen LogP contribution in [0.4, 0.5) is 25.2 Å². The molecule has 2 aromatic rings. The quantitative estimate of drug-likeness (QED) is 0.222. The summed E-state index contributed by atoms with van der Waals surface area (Å²) in [6, 6.07) is 15.7. The van der Waals surface area contributed by atoms with E-state index in [1.807, 2.05) is 6.07 Å². The van der Waals surface area contributed by atoms with E-state index < -0.39 is 7.81 Å². The van der Waals surface area contributed by atoms with Crippen molar-refractivity contribution >= 4 is 30.3 Å². The zero-order valence-electron chi connectivity index (χ0n) is 16.1. The molecule has 0 aliphatic heterocycles. The van der Waals surface area contributed by atoms with Crippen molar-refractivity contribution in [2.75, 3.05) is 30.5 Å². The van der Waals surface area contributed by atoms with Gasteiger partial charge >= 0.3 is 33.0 Å². The topological polar surface area (TPSA) is 74.6 Å². The maximum atomic E-state index is 12.7. The Kier molecular flexibility index (Phi) is 8.84. The van der Waals surface area contributed by atoms with E-state index in [1.54, 1.807) is 48.5 Å². The first-order valence-electron chi connectivity index (χ1n) is 8.76. The summed E-state index contributed by atoms with van der Waals surface area (Å²) in [6.45, 7) is -0.0258. The molecule has 31 heavy (non-hydrogen) atoms. The molecule has 2 rings (SSSR count). The molecule has 0 aromatic heterocycles. The summed E-state index contributed by atoms with van der Waals surface area (Å²) in [6.07, 6.45) is 0. The van der Waals surface area contributed by atoms with E-state index in [0.29, 0.717) is 28.2 Å². The monoisotopic (exact) mass is 490 g/mol. The van der Waals surface area contributed by atoms with Gasteiger partial charge in [0, 0.05) is 27.6 Å². The summed E-state index contributed by atoms with van der Waals surface area (Å²) in [7, 11) is -11.0. The number of aliphatic hydroxyl groups is 2. The van der Waals surface area contributed by atoms with Crippen molar-refractivity contribution in [3.05, 3.63) is 71.3 Å². The van der Waals surface area contributed by atoms with E-state index >= 15 is 0 Å². The molecule has 12 heteroatoms. The number of Topliss-reactive ketones (excluding diaryl/α,β-unsaturated/α-hetero) is 1. The number of carbonyl (C=O) groups excluding carboxylic acids is 2. The number of ketones is 2. The van der Waals surface area contributed by atoms with E-state index in [1.165, 1.54) is 0 Å². The number of aliphatic hydroxyl groups excluding tert-OH is 2. The molecule has 0 bridgehead atoms. The minimum absolute atomic E-state index is 0.0129. The Morgan fingerprint density at radius 1 is 0.742 bits per heavy atom. The van der Waals surface area contributed by atoms with Gasteiger partial charge in [0.05, 0.1) is 13.2 Å². The van der Waals surface area contributed by atoms with Gasteiger partial charge < -0.3 is 10.2 Å². The fraction of sp³-hybridized carbons (Fsp3) is 0.263. The zero-order valence-corrected chi connectivity index (χ0v) is 17.8. The molecule has 0 saturated heterocycles. The molecule has 0 fully saturated rings. The van der Waals surface area contributed by atoms with Crippen LogP contribution < -0.4 is 0 Å². The average Bonchev–Trinajstić information content (AvgIpc) is 2.66. The molecule has 2 N–H and O–H groups in total. The summed E-state index contributed by atoms with van der Waals surface area (Å²) >= 11 is 0. The van der Waals surface area contributed by atoms with Crippen molar-refractivity contribution in [3.63, 3.8) is 0 Å². The van der Waals surface area contributed by atoms with Gasteiger partial charge in [0.1, 0.15) is 11.5 Å². The van der Waals surface area contributed by atoms with Crippen LogP contribution >= 0.6 is 7.81 Å². The van der Waals surface area contributed by atoms with Crippen molar-refractivity contribution < 1.29 is 45.0 Å². The Hall–Kier alpha value is -1.94. The maximum absolute atomic E-state index is 12.7. The van der Waals surface area contributed by atoms with Crippen molar-refractivity contribution in [2.24, 2.45) is 0 Å². The molecule has 0 amide bonds. The minimum atomic E-state index is -10.7. The number of halogens is 6. The van der Waals surface area contributed by atoms with E-state index in [2.05, 4.69) is 0 Å². The summed E-state index contributed by atoms with van der Waals surface area (Å²) in [4.78, 5) is 25.3. The molecule has 0 aliphatic carbocycles. The third-order valence-corrected chi connectivity index (χ3v) is 5.79. The zero-order chi connectivity index (χ0) is 23.8. The molecule has 0 heterocycles. The van der Waals surface area contributed by atoms with Gasteiger partial charge in [-0.15, -0.1) is 0 Å². The normalized spacial score (nSPS) is 13.6. The van der Waals surface area contributed by atoms with Crippen LogP contribution in [0.3, 0.4) is 0 Å². The van der Waals surface area contributed by atoms with Gasteiger partial charge in [0.15, 0.2) is 11.5 Å². The fourth-order valence-corrected chi connectivity index (χ4v) is 3.97. The van der Waals surface area contributed by atoms with Gasteiger partial charge in [-0.1, -0.05) is 54.6 Å². The van der Waals surface area contributed by atoms with Gasteiger partial charge in [-0.25, -0.2) is 0 Å². The Morgan fingerprint density at radius 3 is 1.61 bits per heavy atom. The first kappa shape index (κ1) is 27.1. The van der Waals surface area contributed by atoms with Crippen LogP contribution in [0, 0.1) is 0 Å². The first-order chi connectivity index (χ1) is 14.1. The standard InChI is InChI=1S/C19H21O4S.F6P/c20-10-12-24(13-11-21)14-18(22)16-8-4-5-9-17(16)19(23)15-6-2-1-3-7-15;1-7(2,3,4,5)6/h1-9,20-21H,10-14H2;/q+1;-1. The van der Waals surface area contributed by atoms with Gasteiger partial charge in [-0.2, -0.15) is 0 Å². The second-order valence-electron chi connectivity index (χ2n) is 6.23. The molecule has 0 radical (unpaired) electrons.